The Morgan fingerprint density at radius 2 is 2.00 bits per heavy atom. The van der Waals surface area contributed by atoms with Crippen molar-refractivity contribution in [3.8, 4) is 11.5 Å². The monoisotopic (exact) mass is 480 g/mol. The molecule has 1 aromatic rings. The van der Waals surface area contributed by atoms with Crippen molar-refractivity contribution < 1.29 is 53.3 Å². The highest BCUT2D eigenvalue weighted by Crippen LogP contribution is 2.29. The fourth-order valence-electron chi connectivity index (χ4n) is 3.37. The van der Waals surface area contributed by atoms with E-state index in [9.17, 15) is 24.9 Å². The zero-order valence-corrected chi connectivity index (χ0v) is 18.6. The SMILES string of the molecule is C=CCOc1cc(/C=C/C(=O)OC[C@H]2O[C@@H](O[C@H]3COC(=O)C3)[C@H](O)[C@@H](O)[C@@H]2O)ccc1OC. The van der Waals surface area contributed by atoms with Gasteiger partial charge in [-0.3, -0.25) is 4.79 Å². The van der Waals surface area contributed by atoms with E-state index in [1.807, 2.05) is 0 Å². The van der Waals surface area contributed by atoms with Crippen LogP contribution in [0.25, 0.3) is 6.08 Å². The number of hydrogen-bond donors (Lipinski definition) is 3. The van der Waals surface area contributed by atoms with Crippen LogP contribution < -0.4 is 9.47 Å². The first-order valence-electron chi connectivity index (χ1n) is 10.6. The van der Waals surface area contributed by atoms with Crippen LogP contribution in [0.5, 0.6) is 11.5 Å². The Bertz CT molecular complexity index is 899. The smallest absolute Gasteiger partial charge is 0.330 e. The third kappa shape index (κ3) is 6.55. The van der Waals surface area contributed by atoms with Gasteiger partial charge in [0, 0.05) is 6.08 Å². The second-order valence-corrected chi connectivity index (χ2v) is 7.63. The molecule has 34 heavy (non-hydrogen) atoms. The first-order valence-corrected chi connectivity index (χ1v) is 10.6. The minimum atomic E-state index is -1.61. The molecule has 0 aliphatic carbocycles. The number of cyclic esters (lactones) is 1. The van der Waals surface area contributed by atoms with Gasteiger partial charge in [-0.1, -0.05) is 18.7 Å². The summed E-state index contributed by atoms with van der Waals surface area (Å²) in [5.74, 6) is -0.182. The standard InChI is InChI=1S/C23H28O11/c1-3-8-30-16-9-13(4-6-15(16)29-2)5-7-18(24)32-12-17-20(26)21(27)22(28)23(34-17)33-14-10-19(25)31-11-14/h3-7,9,14,17,20-23,26-28H,1,8,10-12H2,2H3/b7-5+/t14-,17-,20-,21+,22-,23-/m1/s1. The molecule has 0 unspecified atom stereocenters. The molecule has 0 saturated carbocycles. The molecule has 0 amide bonds. The van der Waals surface area contributed by atoms with Gasteiger partial charge in [-0.05, 0) is 23.8 Å². The first kappa shape index (κ1) is 25.7. The number of aliphatic hydroxyl groups is 3. The van der Waals surface area contributed by atoms with Crippen LogP contribution in [0.2, 0.25) is 0 Å². The van der Waals surface area contributed by atoms with Crippen LogP contribution in [0.3, 0.4) is 0 Å². The Kier molecular flexibility index (Phi) is 9.02. The molecule has 1 aromatic carbocycles. The first-order chi connectivity index (χ1) is 16.3. The van der Waals surface area contributed by atoms with Crippen molar-refractivity contribution in [1.29, 1.82) is 0 Å². The number of esters is 2. The van der Waals surface area contributed by atoms with E-state index in [0.717, 1.165) is 0 Å². The highest BCUT2D eigenvalue weighted by atomic mass is 16.7. The Balaban J connectivity index is 1.56. The number of hydrogen-bond acceptors (Lipinski definition) is 11. The number of benzene rings is 1. The third-order valence-corrected chi connectivity index (χ3v) is 5.17. The Morgan fingerprint density at radius 3 is 2.68 bits per heavy atom. The summed E-state index contributed by atoms with van der Waals surface area (Å²) in [6, 6.07) is 5.08. The predicted molar refractivity (Wildman–Crippen MR) is 116 cm³/mol. The van der Waals surface area contributed by atoms with E-state index in [-0.39, 0.29) is 19.6 Å². The van der Waals surface area contributed by atoms with Crippen LogP contribution in [0.4, 0.5) is 0 Å². The van der Waals surface area contributed by atoms with Gasteiger partial charge in [0.2, 0.25) is 0 Å². The van der Waals surface area contributed by atoms with Crippen LogP contribution in [-0.4, -0.2) is 91.0 Å². The van der Waals surface area contributed by atoms with Gasteiger partial charge in [-0.2, -0.15) is 0 Å². The van der Waals surface area contributed by atoms with E-state index in [2.05, 4.69) is 6.58 Å². The van der Waals surface area contributed by atoms with E-state index >= 15 is 0 Å². The summed E-state index contributed by atoms with van der Waals surface area (Å²) in [5, 5.41) is 30.4. The summed E-state index contributed by atoms with van der Waals surface area (Å²) < 4.78 is 31.6. The quantitative estimate of drug-likeness (QED) is 0.235. The zero-order valence-electron chi connectivity index (χ0n) is 18.6. The van der Waals surface area contributed by atoms with E-state index < -0.39 is 55.4 Å². The molecule has 0 bridgehead atoms. The lowest BCUT2D eigenvalue weighted by atomic mass is 9.99. The van der Waals surface area contributed by atoms with Crippen molar-refractivity contribution in [1.82, 2.24) is 0 Å². The number of carbonyl (C=O) groups excluding carboxylic acids is 2. The van der Waals surface area contributed by atoms with Crippen LogP contribution in [0.15, 0.2) is 36.9 Å². The van der Waals surface area contributed by atoms with Gasteiger partial charge in [0.25, 0.3) is 0 Å². The van der Waals surface area contributed by atoms with Gasteiger partial charge in [-0.25, -0.2) is 4.79 Å². The largest absolute Gasteiger partial charge is 0.493 e. The van der Waals surface area contributed by atoms with Gasteiger partial charge in [0.05, 0.1) is 13.5 Å². The fourth-order valence-corrected chi connectivity index (χ4v) is 3.37. The zero-order chi connectivity index (χ0) is 24.7. The highest BCUT2D eigenvalue weighted by molar-refractivity contribution is 5.87. The van der Waals surface area contributed by atoms with Gasteiger partial charge in [0.1, 0.15) is 50.3 Å². The van der Waals surface area contributed by atoms with Gasteiger partial charge in [0.15, 0.2) is 17.8 Å². The van der Waals surface area contributed by atoms with Crippen molar-refractivity contribution in [2.45, 2.75) is 43.2 Å². The molecule has 0 aromatic heterocycles. The molecule has 2 saturated heterocycles. The number of methoxy groups -OCH3 is 1. The summed E-state index contributed by atoms with van der Waals surface area (Å²) in [7, 11) is 1.51. The van der Waals surface area contributed by atoms with E-state index in [0.29, 0.717) is 17.1 Å². The molecule has 186 valence electrons. The summed E-state index contributed by atoms with van der Waals surface area (Å²) in [6.07, 6.45) is -3.63. The summed E-state index contributed by atoms with van der Waals surface area (Å²) >= 11 is 0. The summed E-state index contributed by atoms with van der Waals surface area (Å²) in [6.45, 7) is 3.45. The number of rotatable bonds is 10. The molecule has 11 heteroatoms. The van der Waals surface area contributed by atoms with E-state index in [1.165, 1.54) is 19.3 Å². The second-order valence-electron chi connectivity index (χ2n) is 7.63. The van der Waals surface area contributed by atoms with Gasteiger partial charge >= 0.3 is 11.9 Å². The lowest BCUT2D eigenvalue weighted by Crippen LogP contribution is -2.60. The minimum Gasteiger partial charge on any atom is -0.493 e. The topological polar surface area (TPSA) is 150 Å². The molecular weight excluding hydrogens is 452 g/mol. The van der Waals surface area contributed by atoms with Crippen LogP contribution in [-0.2, 0) is 28.5 Å². The maximum atomic E-state index is 12.2. The van der Waals surface area contributed by atoms with Crippen molar-refractivity contribution >= 4 is 18.0 Å². The number of aliphatic hydroxyl groups excluding tert-OH is 3. The van der Waals surface area contributed by atoms with E-state index in [4.69, 9.17) is 28.4 Å². The summed E-state index contributed by atoms with van der Waals surface area (Å²) in [5.41, 5.74) is 0.645. The van der Waals surface area contributed by atoms with E-state index in [1.54, 1.807) is 24.3 Å². The van der Waals surface area contributed by atoms with Crippen LogP contribution in [0, 0.1) is 0 Å². The molecule has 0 spiro atoms. The summed E-state index contributed by atoms with van der Waals surface area (Å²) in [4.78, 5) is 23.4. The normalized spacial score (nSPS) is 29.0. The molecule has 6 atom stereocenters. The average Bonchev–Trinajstić information content (AvgIpc) is 3.25. The lowest BCUT2D eigenvalue weighted by Gasteiger charge is -2.40. The highest BCUT2D eigenvalue weighted by Gasteiger charge is 2.46. The Labute approximate surface area is 196 Å². The average molecular weight is 480 g/mol. The number of ether oxygens (including phenoxy) is 6. The van der Waals surface area contributed by atoms with Crippen LogP contribution >= 0.6 is 0 Å². The fraction of sp³-hybridized carbons (Fsp3) is 0.478. The molecule has 11 nitrogen and oxygen atoms in total. The second kappa shape index (κ2) is 12.0. The van der Waals surface area contributed by atoms with Crippen molar-refractivity contribution in [2.24, 2.45) is 0 Å². The number of carbonyl (C=O) groups is 2. The van der Waals surface area contributed by atoms with Crippen molar-refractivity contribution in [3.05, 3.63) is 42.5 Å². The lowest BCUT2D eigenvalue weighted by molar-refractivity contribution is -0.311. The maximum Gasteiger partial charge on any atom is 0.330 e. The molecule has 3 rings (SSSR count). The minimum absolute atomic E-state index is 0.0137. The molecule has 2 aliphatic rings. The molecular formula is C23H28O11. The van der Waals surface area contributed by atoms with Gasteiger partial charge in [-0.15, -0.1) is 0 Å². The van der Waals surface area contributed by atoms with Crippen molar-refractivity contribution in [2.75, 3.05) is 26.9 Å². The molecule has 3 N–H and O–H groups in total. The Hall–Kier alpha value is -2.96. The third-order valence-electron chi connectivity index (χ3n) is 5.17. The van der Waals surface area contributed by atoms with Crippen LogP contribution in [0.1, 0.15) is 12.0 Å². The van der Waals surface area contributed by atoms with Crippen molar-refractivity contribution in [3.63, 3.8) is 0 Å². The molecule has 2 aliphatic heterocycles. The molecule has 0 radical (unpaired) electrons. The maximum absolute atomic E-state index is 12.2. The Morgan fingerprint density at radius 1 is 1.21 bits per heavy atom. The van der Waals surface area contributed by atoms with Gasteiger partial charge < -0.3 is 43.7 Å². The molecule has 2 fully saturated rings. The molecule has 2 heterocycles. The predicted octanol–water partition coefficient (Wildman–Crippen LogP) is -0.0439.